The molecule has 1 N–H and O–H groups in total. The number of nitrogens with one attached hydrogen (secondary N) is 1. The molecule has 33 heavy (non-hydrogen) atoms. The lowest BCUT2D eigenvalue weighted by molar-refractivity contribution is 0.0915. The zero-order valence-electron chi connectivity index (χ0n) is 19.2. The van der Waals surface area contributed by atoms with Gasteiger partial charge in [0.2, 0.25) is 5.89 Å². The van der Waals surface area contributed by atoms with Gasteiger partial charge >= 0.3 is 11.8 Å². The fourth-order valence-electron chi connectivity index (χ4n) is 4.07. The largest absolute Gasteiger partial charge is 0.417 e. The van der Waals surface area contributed by atoms with E-state index in [1.165, 1.54) is 16.8 Å². The highest BCUT2D eigenvalue weighted by molar-refractivity contribution is 6.31. The van der Waals surface area contributed by atoms with Gasteiger partial charge in [-0.1, -0.05) is 41.9 Å². The maximum absolute atomic E-state index is 12.3. The maximum atomic E-state index is 12.3. The normalized spacial score (nSPS) is 14.5. The molecule has 1 aromatic heterocycles. The summed E-state index contributed by atoms with van der Waals surface area (Å²) >= 11 is 6.17. The second-order valence-corrected chi connectivity index (χ2v) is 8.90. The summed E-state index contributed by atoms with van der Waals surface area (Å²) in [6.45, 7) is 9.92. The van der Waals surface area contributed by atoms with E-state index in [1.54, 1.807) is 0 Å². The first kappa shape index (κ1) is 23.3. The Morgan fingerprint density at radius 3 is 2.67 bits per heavy atom. The van der Waals surface area contributed by atoms with E-state index >= 15 is 0 Å². The number of hydrogen-bond acceptors (Lipinski definition) is 6. The molecule has 1 saturated heterocycles. The molecule has 8 heteroatoms. The van der Waals surface area contributed by atoms with Gasteiger partial charge in [0.15, 0.2) is 0 Å². The van der Waals surface area contributed by atoms with Gasteiger partial charge in [0, 0.05) is 43.4 Å². The molecule has 174 valence electrons. The Labute approximate surface area is 199 Å². The predicted molar refractivity (Wildman–Crippen MR) is 130 cm³/mol. The van der Waals surface area contributed by atoms with Crippen molar-refractivity contribution in [3.63, 3.8) is 0 Å². The van der Waals surface area contributed by atoms with Gasteiger partial charge in [-0.3, -0.25) is 9.69 Å². The summed E-state index contributed by atoms with van der Waals surface area (Å²) in [5, 5.41) is 11.4. The minimum Gasteiger partial charge on any atom is -0.417 e. The van der Waals surface area contributed by atoms with Crippen LogP contribution in [0.25, 0.3) is 0 Å². The molecule has 1 amide bonds. The van der Waals surface area contributed by atoms with Crippen molar-refractivity contribution >= 4 is 23.2 Å². The van der Waals surface area contributed by atoms with Gasteiger partial charge in [-0.25, -0.2) is 0 Å². The lowest BCUT2D eigenvalue weighted by atomic mass is 10.1. The van der Waals surface area contributed by atoms with Crippen molar-refractivity contribution < 1.29 is 9.21 Å². The summed E-state index contributed by atoms with van der Waals surface area (Å²) in [6.07, 6.45) is 1.27. The molecule has 1 aliphatic rings. The number of aryl methyl sites for hydroxylation is 2. The van der Waals surface area contributed by atoms with E-state index in [9.17, 15) is 4.79 Å². The van der Waals surface area contributed by atoms with E-state index in [0.717, 1.165) is 44.7 Å². The third-order valence-corrected chi connectivity index (χ3v) is 6.34. The zero-order chi connectivity index (χ0) is 23.2. The third kappa shape index (κ3) is 6.12. The fourth-order valence-corrected chi connectivity index (χ4v) is 4.28. The Hall–Kier alpha value is -2.90. The van der Waals surface area contributed by atoms with Crippen molar-refractivity contribution in [3.05, 3.63) is 76.0 Å². The second-order valence-electron chi connectivity index (χ2n) is 8.50. The standard InChI is InChI=1S/C25H30ClN5O2/c1-18-8-9-19(2)22(16-18)31-14-12-30(13-15-31)11-5-10-27-24(32)25-29-28-23(33-25)17-20-6-3-4-7-21(20)26/h3-4,6-9,16H,5,10-15,17H2,1-2H3,(H,27,32). The fraction of sp³-hybridized carbons (Fsp3) is 0.400. The molecule has 0 atom stereocenters. The number of hydrogen-bond donors (Lipinski definition) is 1. The van der Waals surface area contributed by atoms with E-state index in [1.807, 2.05) is 24.3 Å². The molecular weight excluding hydrogens is 438 g/mol. The Balaban J connectivity index is 1.17. The van der Waals surface area contributed by atoms with Crippen LogP contribution in [-0.4, -0.2) is 60.3 Å². The van der Waals surface area contributed by atoms with E-state index in [-0.39, 0.29) is 11.8 Å². The molecule has 1 fully saturated rings. The second kappa shape index (κ2) is 10.8. The molecule has 2 heterocycles. The first-order chi connectivity index (χ1) is 16.0. The van der Waals surface area contributed by atoms with Gasteiger partial charge in [-0.2, -0.15) is 0 Å². The number of piperazine rings is 1. The third-order valence-electron chi connectivity index (χ3n) is 5.97. The van der Waals surface area contributed by atoms with Crippen molar-refractivity contribution in [2.45, 2.75) is 26.7 Å². The number of benzene rings is 2. The number of amides is 1. The Kier molecular flexibility index (Phi) is 7.62. The number of halogens is 1. The summed E-state index contributed by atoms with van der Waals surface area (Å²) in [4.78, 5) is 17.2. The van der Waals surface area contributed by atoms with Gasteiger partial charge in [-0.15, -0.1) is 10.2 Å². The zero-order valence-corrected chi connectivity index (χ0v) is 19.9. The van der Waals surface area contributed by atoms with Crippen LogP contribution >= 0.6 is 11.6 Å². The van der Waals surface area contributed by atoms with Crippen molar-refractivity contribution in [2.75, 3.05) is 44.2 Å². The lowest BCUT2D eigenvalue weighted by Gasteiger charge is -2.37. The first-order valence-corrected chi connectivity index (χ1v) is 11.8. The maximum Gasteiger partial charge on any atom is 0.308 e. The molecule has 0 aliphatic carbocycles. The van der Waals surface area contributed by atoms with Crippen molar-refractivity contribution in [3.8, 4) is 0 Å². The molecule has 0 spiro atoms. The smallest absolute Gasteiger partial charge is 0.308 e. The number of anilines is 1. The molecule has 4 rings (SSSR count). The molecule has 7 nitrogen and oxygen atoms in total. The molecule has 0 unspecified atom stereocenters. The SMILES string of the molecule is Cc1ccc(C)c(N2CCN(CCCNC(=O)c3nnc(Cc4ccccc4Cl)o3)CC2)c1. The van der Waals surface area contributed by atoms with Crippen LogP contribution in [0.4, 0.5) is 5.69 Å². The van der Waals surface area contributed by atoms with Crippen LogP contribution in [-0.2, 0) is 6.42 Å². The van der Waals surface area contributed by atoms with E-state index in [4.69, 9.17) is 16.0 Å². The van der Waals surface area contributed by atoms with Crippen molar-refractivity contribution in [1.82, 2.24) is 20.4 Å². The number of rotatable bonds is 8. The Morgan fingerprint density at radius 1 is 1.09 bits per heavy atom. The van der Waals surface area contributed by atoms with E-state index < -0.39 is 0 Å². The van der Waals surface area contributed by atoms with Crippen LogP contribution in [0.15, 0.2) is 46.9 Å². The minimum atomic E-state index is -0.340. The van der Waals surface area contributed by atoms with E-state index in [0.29, 0.717) is 23.9 Å². The van der Waals surface area contributed by atoms with Crippen molar-refractivity contribution in [2.24, 2.45) is 0 Å². The predicted octanol–water partition coefficient (Wildman–Crippen LogP) is 3.87. The van der Waals surface area contributed by atoms with Gasteiger partial charge in [-0.05, 0) is 55.6 Å². The van der Waals surface area contributed by atoms with Crippen LogP contribution in [0, 0.1) is 13.8 Å². The molecule has 0 bridgehead atoms. The van der Waals surface area contributed by atoms with Gasteiger partial charge in [0.05, 0.1) is 6.42 Å². The lowest BCUT2D eigenvalue weighted by Crippen LogP contribution is -2.47. The minimum absolute atomic E-state index is 0.0146. The van der Waals surface area contributed by atoms with Crippen LogP contribution < -0.4 is 10.2 Å². The number of aromatic nitrogens is 2. The summed E-state index contributed by atoms with van der Waals surface area (Å²) in [7, 11) is 0. The monoisotopic (exact) mass is 467 g/mol. The highest BCUT2D eigenvalue weighted by atomic mass is 35.5. The molecule has 2 aromatic carbocycles. The molecule has 3 aromatic rings. The summed E-state index contributed by atoms with van der Waals surface area (Å²) in [5.74, 6) is 0.0156. The number of nitrogens with zero attached hydrogens (tertiary/aromatic N) is 4. The quantitative estimate of drug-likeness (QED) is 0.507. The number of carbonyl (C=O) groups is 1. The van der Waals surface area contributed by atoms with Gasteiger partial charge in [0.1, 0.15) is 0 Å². The summed E-state index contributed by atoms with van der Waals surface area (Å²) < 4.78 is 5.51. The summed E-state index contributed by atoms with van der Waals surface area (Å²) in [5.41, 5.74) is 4.85. The Morgan fingerprint density at radius 2 is 1.88 bits per heavy atom. The van der Waals surface area contributed by atoms with Crippen molar-refractivity contribution in [1.29, 1.82) is 0 Å². The highest BCUT2D eigenvalue weighted by Gasteiger charge is 2.19. The first-order valence-electron chi connectivity index (χ1n) is 11.4. The average Bonchev–Trinajstić information content (AvgIpc) is 3.29. The molecule has 0 saturated carbocycles. The molecule has 0 radical (unpaired) electrons. The average molecular weight is 468 g/mol. The van der Waals surface area contributed by atoms with E-state index in [2.05, 4.69) is 57.4 Å². The van der Waals surface area contributed by atoms with Crippen LogP contribution in [0.5, 0.6) is 0 Å². The topological polar surface area (TPSA) is 74.5 Å². The van der Waals surface area contributed by atoms with Gasteiger partial charge < -0.3 is 14.6 Å². The van der Waals surface area contributed by atoms with Crippen LogP contribution in [0.2, 0.25) is 5.02 Å². The van der Waals surface area contributed by atoms with Crippen LogP contribution in [0.3, 0.4) is 0 Å². The number of carbonyl (C=O) groups excluding carboxylic acids is 1. The summed E-state index contributed by atoms with van der Waals surface area (Å²) in [6, 6.07) is 14.1. The highest BCUT2D eigenvalue weighted by Crippen LogP contribution is 2.23. The van der Waals surface area contributed by atoms with Gasteiger partial charge in [0.25, 0.3) is 0 Å². The molecular formula is C25H30ClN5O2. The van der Waals surface area contributed by atoms with Crippen LogP contribution in [0.1, 0.15) is 39.7 Å². The Bertz CT molecular complexity index is 1090. The molecule has 1 aliphatic heterocycles.